The molecule has 2 aromatic rings. The van der Waals surface area contributed by atoms with Gasteiger partial charge in [0.1, 0.15) is 0 Å². The van der Waals surface area contributed by atoms with Crippen molar-refractivity contribution in [3.63, 3.8) is 0 Å². The summed E-state index contributed by atoms with van der Waals surface area (Å²) in [7, 11) is 1.88. The van der Waals surface area contributed by atoms with Crippen LogP contribution in [0.4, 0.5) is 5.95 Å². The van der Waals surface area contributed by atoms with Crippen LogP contribution in [0.3, 0.4) is 0 Å². The molecule has 0 saturated carbocycles. The molecule has 0 amide bonds. The fourth-order valence-corrected chi connectivity index (χ4v) is 1.88. The molecule has 1 aromatic carbocycles. The molecule has 0 bridgehead atoms. The second-order valence-electron chi connectivity index (χ2n) is 4.02. The quantitative estimate of drug-likeness (QED) is 0.868. The highest BCUT2D eigenvalue weighted by atomic mass is 35.5. The van der Waals surface area contributed by atoms with Gasteiger partial charge in [-0.1, -0.05) is 29.8 Å². The molecule has 0 N–H and O–H groups in total. The van der Waals surface area contributed by atoms with Gasteiger partial charge >= 0.3 is 0 Å². The van der Waals surface area contributed by atoms with E-state index < -0.39 is 0 Å². The number of hydrogen-bond donors (Lipinski definition) is 0. The van der Waals surface area contributed by atoms with Crippen molar-refractivity contribution in [2.45, 2.75) is 13.5 Å². The van der Waals surface area contributed by atoms with E-state index in [4.69, 9.17) is 23.2 Å². The molecule has 2 rings (SSSR count). The largest absolute Gasteiger partial charge is 0.339 e. The minimum absolute atomic E-state index is 0.0979. The molecule has 0 saturated heterocycles. The highest BCUT2D eigenvalue weighted by Crippen LogP contribution is 2.15. The van der Waals surface area contributed by atoms with E-state index in [1.807, 2.05) is 11.9 Å². The van der Waals surface area contributed by atoms with Gasteiger partial charge in [0.15, 0.2) is 0 Å². The van der Waals surface area contributed by atoms with Crippen molar-refractivity contribution >= 4 is 29.2 Å². The number of aryl methyl sites for hydroxylation is 1. The summed E-state index contributed by atoms with van der Waals surface area (Å²) in [4.78, 5) is 13.6. The van der Waals surface area contributed by atoms with Gasteiger partial charge < -0.3 is 4.90 Å². The van der Waals surface area contributed by atoms with Gasteiger partial charge in [0.2, 0.25) is 16.5 Å². The van der Waals surface area contributed by atoms with Crippen LogP contribution in [0.15, 0.2) is 24.3 Å². The van der Waals surface area contributed by atoms with Crippen LogP contribution in [0.25, 0.3) is 0 Å². The Morgan fingerprint density at radius 3 is 2.11 bits per heavy atom. The van der Waals surface area contributed by atoms with Crippen LogP contribution >= 0.6 is 23.2 Å². The lowest BCUT2D eigenvalue weighted by atomic mass is 10.1. The van der Waals surface area contributed by atoms with Crippen LogP contribution < -0.4 is 4.90 Å². The molecule has 0 unspecified atom stereocenters. The normalized spacial score (nSPS) is 10.4. The van der Waals surface area contributed by atoms with Crippen LogP contribution in [0.5, 0.6) is 0 Å². The highest BCUT2D eigenvalue weighted by molar-refractivity contribution is 6.31. The second kappa shape index (κ2) is 5.50. The molecule has 0 atom stereocenters. The minimum atomic E-state index is 0.0979. The van der Waals surface area contributed by atoms with Gasteiger partial charge in [-0.05, 0) is 35.7 Å². The van der Waals surface area contributed by atoms with Crippen molar-refractivity contribution in [2.24, 2.45) is 0 Å². The zero-order valence-electron chi connectivity index (χ0n) is 10.1. The van der Waals surface area contributed by atoms with Gasteiger partial charge in [-0.25, -0.2) is 0 Å². The molecule has 0 aliphatic rings. The standard InChI is InChI=1S/C12H12Cl2N4/c1-8-3-5-9(6-4-8)7-18(2)12-16-10(13)15-11(14)17-12/h3-6H,7H2,1-2H3. The number of rotatable bonds is 3. The zero-order chi connectivity index (χ0) is 13.1. The summed E-state index contributed by atoms with van der Waals surface area (Å²) in [5.74, 6) is 0.459. The molecule has 0 radical (unpaired) electrons. The first-order chi connectivity index (χ1) is 8.54. The number of anilines is 1. The first-order valence-corrected chi connectivity index (χ1v) is 6.14. The lowest BCUT2D eigenvalue weighted by Gasteiger charge is -2.17. The Bertz CT molecular complexity index is 522. The van der Waals surface area contributed by atoms with E-state index in [2.05, 4.69) is 46.1 Å². The van der Waals surface area contributed by atoms with Gasteiger partial charge in [0.25, 0.3) is 0 Å². The Labute approximate surface area is 116 Å². The molecule has 6 heteroatoms. The lowest BCUT2D eigenvalue weighted by molar-refractivity contribution is 0.852. The summed E-state index contributed by atoms with van der Waals surface area (Å²) in [6.07, 6.45) is 0. The van der Waals surface area contributed by atoms with Crippen molar-refractivity contribution in [1.82, 2.24) is 15.0 Å². The smallest absolute Gasteiger partial charge is 0.231 e. The van der Waals surface area contributed by atoms with Crippen molar-refractivity contribution in [3.8, 4) is 0 Å². The third-order valence-corrected chi connectivity index (χ3v) is 2.79. The maximum Gasteiger partial charge on any atom is 0.231 e. The number of nitrogens with zero attached hydrogens (tertiary/aromatic N) is 4. The predicted molar refractivity (Wildman–Crippen MR) is 73.1 cm³/mol. The monoisotopic (exact) mass is 282 g/mol. The average Bonchev–Trinajstić information content (AvgIpc) is 2.31. The number of benzene rings is 1. The highest BCUT2D eigenvalue weighted by Gasteiger charge is 2.08. The zero-order valence-corrected chi connectivity index (χ0v) is 11.6. The van der Waals surface area contributed by atoms with E-state index >= 15 is 0 Å². The van der Waals surface area contributed by atoms with Gasteiger partial charge in [-0.3, -0.25) is 0 Å². The van der Waals surface area contributed by atoms with Crippen LogP contribution in [0, 0.1) is 6.92 Å². The first kappa shape index (κ1) is 13.1. The Balaban J connectivity index is 2.16. The maximum absolute atomic E-state index is 5.74. The molecule has 94 valence electrons. The van der Waals surface area contributed by atoms with E-state index in [1.165, 1.54) is 5.56 Å². The molecular weight excluding hydrogens is 271 g/mol. The SMILES string of the molecule is Cc1ccc(CN(C)c2nc(Cl)nc(Cl)n2)cc1. The Hall–Kier alpha value is -1.39. The number of halogens is 2. The molecule has 0 aliphatic carbocycles. The molecule has 1 heterocycles. The summed E-state index contributed by atoms with van der Waals surface area (Å²) >= 11 is 11.5. The van der Waals surface area contributed by atoms with E-state index in [0.717, 1.165) is 5.56 Å². The Morgan fingerprint density at radius 1 is 1.00 bits per heavy atom. The van der Waals surface area contributed by atoms with Crippen molar-refractivity contribution in [2.75, 3.05) is 11.9 Å². The van der Waals surface area contributed by atoms with Crippen LogP contribution in [-0.4, -0.2) is 22.0 Å². The third kappa shape index (κ3) is 3.31. The van der Waals surface area contributed by atoms with Crippen molar-refractivity contribution in [1.29, 1.82) is 0 Å². The summed E-state index contributed by atoms with van der Waals surface area (Å²) in [6, 6.07) is 8.26. The predicted octanol–water partition coefficient (Wildman–Crippen LogP) is 3.12. The van der Waals surface area contributed by atoms with Crippen molar-refractivity contribution < 1.29 is 0 Å². The van der Waals surface area contributed by atoms with E-state index in [-0.39, 0.29) is 10.6 Å². The summed E-state index contributed by atoms with van der Waals surface area (Å²) in [5, 5.41) is 0.196. The number of aromatic nitrogens is 3. The molecule has 4 nitrogen and oxygen atoms in total. The molecule has 0 fully saturated rings. The molecular formula is C12H12Cl2N4. The first-order valence-electron chi connectivity index (χ1n) is 5.38. The summed E-state index contributed by atoms with van der Waals surface area (Å²) in [5.41, 5.74) is 2.39. The molecule has 1 aromatic heterocycles. The second-order valence-corrected chi connectivity index (χ2v) is 4.69. The topological polar surface area (TPSA) is 41.9 Å². The minimum Gasteiger partial charge on any atom is -0.339 e. The molecule has 0 aliphatic heterocycles. The van der Waals surface area contributed by atoms with Gasteiger partial charge in [-0.2, -0.15) is 15.0 Å². The van der Waals surface area contributed by atoms with E-state index in [1.54, 1.807) is 0 Å². The third-order valence-electron chi connectivity index (χ3n) is 2.45. The van der Waals surface area contributed by atoms with Crippen LogP contribution in [0.1, 0.15) is 11.1 Å². The van der Waals surface area contributed by atoms with Crippen molar-refractivity contribution in [3.05, 3.63) is 46.0 Å². The fourth-order valence-electron chi connectivity index (χ4n) is 1.52. The maximum atomic E-state index is 5.74. The number of hydrogen-bond acceptors (Lipinski definition) is 4. The summed E-state index contributed by atoms with van der Waals surface area (Å²) < 4.78 is 0. The average molecular weight is 283 g/mol. The van der Waals surface area contributed by atoms with Gasteiger partial charge in [0, 0.05) is 13.6 Å². The fraction of sp³-hybridized carbons (Fsp3) is 0.250. The summed E-state index contributed by atoms with van der Waals surface area (Å²) in [6.45, 7) is 2.73. The van der Waals surface area contributed by atoms with Crippen LogP contribution in [0.2, 0.25) is 10.6 Å². The Morgan fingerprint density at radius 2 is 1.56 bits per heavy atom. The lowest BCUT2D eigenvalue weighted by Crippen LogP contribution is -2.19. The van der Waals surface area contributed by atoms with Gasteiger partial charge in [-0.15, -0.1) is 0 Å². The van der Waals surface area contributed by atoms with Gasteiger partial charge in [0.05, 0.1) is 0 Å². The molecule has 18 heavy (non-hydrogen) atoms. The molecule has 0 spiro atoms. The van der Waals surface area contributed by atoms with Crippen LogP contribution in [-0.2, 0) is 6.54 Å². The Kier molecular flexibility index (Phi) is 3.99. The van der Waals surface area contributed by atoms with E-state index in [9.17, 15) is 0 Å². The van der Waals surface area contributed by atoms with E-state index in [0.29, 0.717) is 12.5 Å².